The van der Waals surface area contributed by atoms with Crippen LogP contribution in [0.2, 0.25) is 0 Å². The summed E-state index contributed by atoms with van der Waals surface area (Å²) in [5.74, 6) is -0.431. The first-order chi connectivity index (χ1) is 13.2. The molecule has 0 saturated carbocycles. The molecule has 1 heterocycles. The molecule has 9 heteroatoms. The Balaban J connectivity index is 2.39. The first-order valence-electron chi connectivity index (χ1n) is 9.44. The molecule has 162 valence electrons. The molecule has 1 saturated heterocycles. The summed E-state index contributed by atoms with van der Waals surface area (Å²) in [6, 6.07) is 5.19. The molecule has 1 aliphatic heterocycles. The van der Waals surface area contributed by atoms with E-state index in [2.05, 4.69) is 4.74 Å². The molecule has 1 fully saturated rings. The Morgan fingerprint density at radius 2 is 1.69 bits per heavy atom. The Hall–Kier alpha value is -1.58. The lowest BCUT2D eigenvalue weighted by Gasteiger charge is -2.32. The third-order valence-corrected chi connectivity index (χ3v) is 4.97. The number of ether oxygens (including phenoxy) is 2. The average molecular weight is 418 g/mol. The zero-order valence-corrected chi connectivity index (χ0v) is 17.5. The highest BCUT2D eigenvalue weighted by Gasteiger charge is 2.53. The van der Waals surface area contributed by atoms with Crippen molar-refractivity contribution in [1.82, 2.24) is 0 Å². The van der Waals surface area contributed by atoms with Gasteiger partial charge in [0.1, 0.15) is 11.5 Å². The van der Waals surface area contributed by atoms with E-state index < -0.39 is 36.2 Å². The molecule has 1 aromatic rings. The molecule has 0 aliphatic carbocycles. The highest BCUT2D eigenvalue weighted by atomic mass is 19.4. The van der Waals surface area contributed by atoms with Gasteiger partial charge >= 0.3 is 13.5 Å². The van der Waals surface area contributed by atoms with Crippen molar-refractivity contribution in [2.75, 3.05) is 6.61 Å². The highest BCUT2D eigenvalue weighted by Crippen LogP contribution is 2.41. The van der Waals surface area contributed by atoms with E-state index >= 15 is 4.39 Å². The molecule has 4 nitrogen and oxygen atoms in total. The first kappa shape index (κ1) is 23.7. The predicted molar refractivity (Wildman–Crippen MR) is 103 cm³/mol. The summed E-state index contributed by atoms with van der Waals surface area (Å²) in [5.41, 5.74) is -1.81. The van der Waals surface area contributed by atoms with Gasteiger partial charge in [0, 0.05) is 0 Å². The molecular weight excluding hydrogens is 391 g/mol. The summed E-state index contributed by atoms with van der Waals surface area (Å²) in [4.78, 5) is 0. The molecule has 0 unspecified atom stereocenters. The van der Waals surface area contributed by atoms with Crippen molar-refractivity contribution in [3.8, 4) is 5.75 Å². The predicted octanol–water partition coefficient (Wildman–Crippen LogP) is 5.71. The van der Waals surface area contributed by atoms with Crippen molar-refractivity contribution in [2.45, 2.75) is 71.6 Å². The third-order valence-electron chi connectivity index (χ3n) is 4.97. The fourth-order valence-electron chi connectivity index (χ4n) is 2.77. The van der Waals surface area contributed by atoms with Gasteiger partial charge in [0.05, 0.1) is 23.9 Å². The molecule has 1 aromatic carbocycles. The number of hydrogen-bond acceptors (Lipinski definition) is 4. The van der Waals surface area contributed by atoms with Crippen LogP contribution in [0.1, 0.15) is 53.5 Å². The normalized spacial score (nSPS) is 19.5. The molecule has 0 bridgehead atoms. The van der Waals surface area contributed by atoms with Crippen LogP contribution < -0.4 is 4.74 Å². The molecule has 0 radical (unpaired) electrons. The van der Waals surface area contributed by atoms with Crippen molar-refractivity contribution < 1.29 is 36.3 Å². The lowest BCUT2D eigenvalue weighted by Crippen LogP contribution is -2.41. The van der Waals surface area contributed by atoms with E-state index in [-0.39, 0.29) is 30.3 Å². The van der Waals surface area contributed by atoms with E-state index in [1.165, 1.54) is 12.1 Å². The molecule has 29 heavy (non-hydrogen) atoms. The van der Waals surface area contributed by atoms with Crippen LogP contribution in [0.15, 0.2) is 30.0 Å². The van der Waals surface area contributed by atoms with Gasteiger partial charge in [-0.25, -0.2) is 4.39 Å². The van der Waals surface area contributed by atoms with E-state index in [1.54, 1.807) is 27.7 Å². The van der Waals surface area contributed by atoms with Crippen molar-refractivity contribution in [2.24, 2.45) is 0 Å². The van der Waals surface area contributed by atoms with Gasteiger partial charge in [-0.1, -0.05) is 12.1 Å². The minimum absolute atomic E-state index is 0.0731. The quantitative estimate of drug-likeness (QED) is 0.420. The number of rotatable bonds is 7. The van der Waals surface area contributed by atoms with Crippen molar-refractivity contribution in [3.05, 3.63) is 35.6 Å². The molecule has 0 aromatic heterocycles. The standard InChI is InChI=1S/C20H27BF4O4/c1-13(2)26-11-10-16(14-8-7-9-15(12-14)27-20(23,24)25)17(22)21-28-18(3,4)19(5,6)29-21/h7-9,12-13H,10-11H2,1-6H3. The monoisotopic (exact) mass is 418 g/mol. The molecule has 1 aliphatic rings. The van der Waals surface area contributed by atoms with E-state index in [0.717, 1.165) is 12.1 Å². The Labute approximate surface area is 169 Å². The number of halogens is 4. The second-order valence-corrected chi connectivity index (χ2v) is 8.16. The summed E-state index contributed by atoms with van der Waals surface area (Å²) in [7, 11) is -1.26. The Morgan fingerprint density at radius 3 is 2.21 bits per heavy atom. The smallest absolute Gasteiger partial charge is 0.406 e. The molecule has 0 spiro atoms. The van der Waals surface area contributed by atoms with Gasteiger partial charge in [0.15, 0.2) is 0 Å². The van der Waals surface area contributed by atoms with Crippen molar-refractivity contribution in [1.29, 1.82) is 0 Å². The zero-order valence-electron chi connectivity index (χ0n) is 17.5. The largest absolute Gasteiger partial charge is 0.573 e. The minimum atomic E-state index is -4.84. The molecule has 2 rings (SSSR count). The van der Waals surface area contributed by atoms with Gasteiger partial charge in [-0.2, -0.15) is 0 Å². The Morgan fingerprint density at radius 1 is 1.10 bits per heavy atom. The number of alkyl halides is 3. The van der Waals surface area contributed by atoms with Gasteiger partial charge < -0.3 is 18.8 Å². The van der Waals surface area contributed by atoms with Crippen LogP contribution in [0.25, 0.3) is 5.57 Å². The van der Waals surface area contributed by atoms with Crippen LogP contribution in [0.3, 0.4) is 0 Å². The van der Waals surface area contributed by atoms with Crippen LogP contribution in [-0.2, 0) is 14.0 Å². The van der Waals surface area contributed by atoms with E-state index in [0.29, 0.717) is 0 Å². The van der Waals surface area contributed by atoms with Crippen LogP contribution in [-0.4, -0.2) is 37.4 Å². The van der Waals surface area contributed by atoms with E-state index in [4.69, 9.17) is 14.0 Å². The lowest BCUT2D eigenvalue weighted by atomic mass is 9.82. The van der Waals surface area contributed by atoms with Gasteiger partial charge in [-0.05, 0) is 71.2 Å². The average Bonchev–Trinajstić information content (AvgIpc) is 2.77. The fraction of sp³-hybridized carbons (Fsp3) is 0.600. The fourth-order valence-corrected chi connectivity index (χ4v) is 2.77. The summed E-state index contributed by atoms with van der Waals surface area (Å²) >= 11 is 0. The maximum Gasteiger partial charge on any atom is 0.573 e. The summed E-state index contributed by atoms with van der Waals surface area (Å²) in [5, 5.41) is 0. The van der Waals surface area contributed by atoms with E-state index in [9.17, 15) is 13.2 Å². The third kappa shape index (κ3) is 6.20. The zero-order chi connectivity index (χ0) is 22.0. The van der Waals surface area contributed by atoms with Crippen molar-refractivity contribution >= 4 is 12.7 Å². The first-order valence-corrected chi connectivity index (χ1v) is 9.44. The van der Waals surface area contributed by atoms with Gasteiger partial charge in [0.25, 0.3) is 0 Å². The maximum absolute atomic E-state index is 15.4. The number of hydrogen-bond donors (Lipinski definition) is 0. The van der Waals surface area contributed by atoms with Crippen LogP contribution in [0.5, 0.6) is 5.75 Å². The molecular formula is C20H27BF4O4. The minimum Gasteiger partial charge on any atom is -0.406 e. The SMILES string of the molecule is CC(C)OCCC(=C(F)B1OC(C)(C)C(C)(C)O1)c1cccc(OC(F)(F)F)c1. The second kappa shape index (κ2) is 8.66. The topological polar surface area (TPSA) is 36.9 Å². The summed E-state index contributed by atoms with van der Waals surface area (Å²) in [6.07, 6.45) is -4.78. The van der Waals surface area contributed by atoms with Crippen LogP contribution >= 0.6 is 0 Å². The van der Waals surface area contributed by atoms with Gasteiger partial charge in [-0.15, -0.1) is 13.2 Å². The number of benzene rings is 1. The second-order valence-electron chi connectivity index (χ2n) is 8.16. The van der Waals surface area contributed by atoms with E-state index in [1.807, 2.05) is 13.8 Å². The Bertz CT molecular complexity index is 728. The molecule has 0 N–H and O–H groups in total. The van der Waals surface area contributed by atoms with Crippen molar-refractivity contribution in [3.63, 3.8) is 0 Å². The summed E-state index contributed by atoms with van der Waals surface area (Å²) < 4.78 is 74.2. The highest BCUT2D eigenvalue weighted by molar-refractivity contribution is 6.55. The van der Waals surface area contributed by atoms with Crippen LogP contribution in [0, 0.1) is 0 Å². The summed E-state index contributed by atoms with van der Waals surface area (Å²) in [6.45, 7) is 11.0. The lowest BCUT2D eigenvalue weighted by molar-refractivity contribution is -0.274. The van der Waals surface area contributed by atoms with Crippen LogP contribution in [0.4, 0.5) is 17.6 Å². The molecule has 0 amide bonds. The Kier molecular flexibility index (Phi) is 7.07. The maximum atomic E-state index is 15.4. The van der Waals surface area contributed by atoms with Gasteiger partial charge in [0.2, 0.25) is 0 Å². The van der Waals surface area contributed by atoms with Gasteiger partial charge in [-0.3, -0.25) is 0 Å². The molecule has 0 atom stereocenters.